The fraction of sp³-hybridized carbons (Fsp3) is 0.486. The number of aromatic nitrogens is 1. The molecule has 0 radical (unpaired) electrons. The third-order valence-electron chi connectivity index (χ3n) is 9.21. The van der Waals surface area contributed by atoms with Gasteiger partial charge in [0.25, 0.3) is 0 Å². The van der Waals surface area contributed by atoms with Gasteiger partial charge in [0.15, 0.2) is 5.75 Å². The Labute approximate surface area is 281 Å². The number of pyridine rings is 1. The van der Waals surface area contributed by atoms with Gasteiger partial charge in [0.2, 0.25) is 5.91 Å². The first-order valence-corrected chi connectivity index (χ1v) is 17.0. The molecule has 1 saturated carbocycles. The second-order valence-electron chi connectivity index (χ2n) is 12.6. The van der Waals surface area contributed by atoms with Crippen LogP contribution in [0.1, 0.15) is 53.9 Å². The quantitative estimate of drug-likeness (QED) is 0.235. The van der Waals surface area contributed by atoms with Crippen LogP contribution in [0.15, 0.2) is 48.7 Å². The minimum absolute atomic E-state index is 0.0295. The van der Waals surface area contributed by atoms with Crippen LogP contribution in [-0.4, -0.2) is 67.8 Å². The van der Waals surface area contributed by atoms with E-state index in [4.69, 9.17) is 49.3 Å². The zero-order valence-electron chi connectivity index (χ0n) is 25.9. The summed E-state index contributed by atoms with van der Waals surface area (Å²) in [6.45, 7) is 6.21. The number of nitrogens with zero attached hydrogens (tertiary/aromatic N) is 3. The molecule has 3 heterocycles. The lowest BCUT2D eigenvalue weighted by atomic mass is 9.80. The third-order valence-corrected chi connectivity index (χ3v) is 10.1. The summed E-state index contributed by atoms with van der Waals surface area (Å²) < 4.78 is 11.5. The molecule has 0 bridgehead atoms. The topological polar surface area (TPSA) is 66.9 Å². The lowest BCUT2D eigenvalue weighted by Gasteiger charge is -2.36. The Balaban J connectivity index is 1.13. The number of methoxy groups -OCH3 is 1. The van der Waals surface area contributed by atoms with Crippen molar-refractivity contribution in [3.05, 3.63) is 86.0 Å². The van der Waals surface area contributed by atoms with E-state index >= 15 is 0 Å². The van der Waals surface area contributed by atoms with Gasteiger partial charge >= 0.3 is 0 Å². The number of hydrogen-bond acceptors (Lipinski definition) is 6. The van der Waals surface area contributed by atoms with Gasteiger partial charge in [-0.25, -0.2) is 4.98 Å². The average molecular weight is 672 g/mol. The Bertz CT molecular complexity index is 1480. The van der Waals surface area contributed by atoms with E-state index in [9.17, 15) is 4.79 Å². The Morgan fingerprint density at radius 2 is 1.84 bits per heavy atom. The molecule has 0 spiro atoms. The molecule has 1 aromatic heterocycles. The van der Waals surface area contributed by atoms with Crippen LogP contribution in [0, 0.1) is 12.8 Å². The molecule has 2 aliphatic heterocycles. The first-order chi connectivity index (χ1) is 21.8. The molecule has 1 N–H and O–H groups in total. The van der Waals surface area contributed by atoms with Crippen molar-refractivity contribution in [2.24, 2.45) is 5.92 Å². The molecule has 2 unspecified atom stereocenters. The summed E-state index contributed by atoms with van der Waals surface area (Å²) in [7, 11) is 1.71. The van der Waals surface area contributed by atoms with Crippen molar-refractivity contribution in [3.63, 3.8) is 0 Å². The van der Waals surface area contributed by atoms with Gasteiger partial charge in [0.1, 0.15) is 11.9 Å². The van der Waals surface area contributed by atoms with Gasteiger partial charge in [0.05, 0.1) is 29.1 Å². The highest BCUT2D eigenvalue weighted by molar-refractivity contribution is 6.37. The van der Waals surface area contributed by atoms with E-state index in [0.29, 0.717) is 47.1 Å². The van der Waals surface area contributed by atoms with Crippen molar-refractivity contribution in [1.29, 1.82) is 0 Å². The van der Waals surface area contributed by atoms with E-state index in [0.717, 1.165) is 67.7 Å². The molecular formula is C35H41Cl3N4O3. The molecule has 6 rings (SSSR count). The van der Waals surface area contributed by atoms with Gasteiger partial charge in [-0.15, -0.1) is 0 Å². The van der Waals surface area contributed by atoms with Gasteiger partial charge in [0, 0.05) is 50.4 Å². The van der Waals surface area contributed by atoms with Crippen LogP contribution in [0.3, 0.4) is 0 Å². The van der Waals surface area contributed by atoms with Crippen LogP contribution in [-0.2, 0) is 22.5 Å². The molecular weight excluding hydrogens is 631 g/mol. The zero-order valence-corrected chi connectivity index (χ0v) is 28.2. The summed E-state index contributed by atoms with van der Waals surface area (Å²) in [5.41, 5.74) is 4.28. The minimum Gasteiger partial charge on any atom is -0.485 e. The summed E-state index contributed by atoms with van der Waals surface area (Å²) in [5.74, 6) is 1.60. The number of rotatable bonds is 11. The Morgan fingerprint density at radius 3 is 2.56 bits per heavy atom. The van der Waals surface area contributed by atoms with Crippen LogP contribution in [0.4, 0.5) is 5.82 Å². The summed E-state index contributed by atoms with van der Waals surface area (Å²) in [5, 5.41) is 5.25. The van der Waals surface area contributed by atoms with Crippen LogP contribution in [0.25, 0.3) is 0 Å². The number of carbonyl (C=O) groups is 1. The number of carbonyl (C=O) groups excluding carboxylic acids is 1. The van der Waals surface area contributed by atoms with Gasteiger partial charge in [-0.2, -0.15) is 0 Å². The highest BCUT2D eigenvalue weighted by Gasteiger charge is 2.40. The van der Waals surface area contributed by atoms with E-state index in [1.165, 1.54) is 5.56 Å². The Kier molecular flexibility index (Phi) is 10.4. The predicted octanol–water partition coefficient (Wildman–Crippen LogP) is 7.08. The van der Waals surface area contributed by atoms with Crippen molar-refractivity contribution in [3.8, 4) is 5.75 Å². The molecule has 3 fully saturated rings. The summed E-state index contributed by atoms with van der Waals surface area (Å²) in [6, 6.07) is 14.4. The average Bonchev–Trinajstić information content (AvgIpc) is 3.78. The van der Waals surface area contributed by atoms with Crippen LogP contribution < -0.4 is 15.0 Å². The number of nitrogens with one attached hydrogen (secondary N) is 1. The van der Waals surface area contributed by atoms with E-state index < -0.39 is 0 Å². The number of piperidine rings is 1. The fourth-order valence-electron chi connectivity index (χ4n) is 6.61. The molecule has 240 valence electrons. The molecule has 10 heteroatoms. The van der Waals surface area contributed by atoms with Gasteiger partial charge < -0.3 is 24.6 Å². The van der Waals surface area contributed by atoms with Crippen LogP contribution >= 0.6 is 34.8 Å². The number of hydrogen-bond donors (Lipinski definition) is 1. The number of amides is 1. The number of aryl methyl sites for hydroxylation is 1. The molecule has 2 saturated heterocycles. The number of benzene rings is 2. The monoisotopic (exact) mass is 670 g/mol. The zero-order chi connectivity index (χ0) is 31.5. The minimum atomic E-state index is -0.156. The standard InChI is InChI=1S/C35H41Cl3N4O3/c1-22-15-31(37)34(32(38)16-22)45-27-10-13-41(21-27)33-8-4-24(18-40-33)28-9-12-39-19-29(28)35(43)42(26-5-6-26)20-25-17-23(11-14-44-2)3-7-30(25)36/h3-4,7-8,15-18,26-29,39H,5-6,9-14,19-21H2,1-2H3/t27-,28?,29?/m0/s1. The third kappa shape index (κ3) is 7.71. The van der Waals surface area contributed by atoms with Crippen LogP contribution in [0.5, 0.6) is 5.75 Å². The van der Waals surface area contributed by atoms with E-state index in [1.807, 2.05) is 37.4 Å². The summed E-state index contributed by atoms with van der Waals surface area (Å²) in [6.07, 6.45) is 6.57. The molecule has 7 nitrogen and oxygen atoms in total. The molecule has 2 aromatic carbocycles. The van der Waals surface area contributed by atoms with Crippen molar-refractivity contribution >= 4 is 46.5 Å². The SMILES string of the molecule is COCCc1ccc(Cl)c(CN(C(=O)C2CNCCC2c2ccc(N3CC[C@H](Oc4c(Cl)cc(C)cc4Cl)C3)nc2)C2CC2)c1. The smallest absolute Gasteiger partial charge is 0.228 e. The highest BCUT2D eigenvalue weighted by Crippen LogP contribution is 2.38. The first kappa shape index (κ1) is 32.4. The summed E-state index contributed by atoms with van der Waals surface area (Å²) in [4.78, 5) is 23.4. The Hall–Kier alpha value is -2.55. The van der Waals surface area contributed by atoms with Crippen molar-refractivity contribution in [2.45, 2.75) is 63.6 Å². The fourth-order valence-corrected chi connectivity index (χ4v) is 7.48. The second kappa shape index (κ2) is 14.5. The van der Waals surface area contributed by atoms with Crippen molar-refractivity contribution in [1.82, 2.24) is 15.2 Å². The predicted molar refractivity (Wildman–Crippen MR) is 181 cm³/mol. The number of halogens is 3. The molecule has 45 heavy (non-hydrogen) atoms. The largest absolute Gasteiger partial charge is 0.485 e. The maximum atomic E-state index is 14.2. The Morgan fingerprint density at radius 1 is 1.04 bits per heavy atom. The summed E-state index contributed by atoms with van der Waals surface area (Å²) >= 11 is 19.5. The maximum absolute atomic E-state index is 14.2. The number of ether oxygens (including phenoxy) is 2. The molecule has 3 aliphatic rings. The van der Waals surface area contributed by atoms with Crippen molar-refractivity contribution < 1.29 is 14.3 Å². The maximum Gasteiger partial charge on any atom is 0.228 e. The van der Waals surface area contributed by atoms with Crippen molar-refractivity contribution in [2.75, 3.05) is 44.8 Å². The highest BCUT2D eigenvalue weighted by atomic mass is 35.5. The van der Waals surface area contributed by atoms with Gasteiger partial charge in [-0.1, -0.05) is 53.0 Å². The first-order valence-electron chi connectivity index (χ1n) is 15.9. The van der Waals surface area contributed by atoms with E-state index in [-0.39, 0.29) is 29.9 Å². The molecule has 1 amide bonds. The second-order valence-corrected chi connectivity index (χ2v) is 13.8. The van der Waals surface area contributed by atoms with E-state index in [2.05, 4.69) is 33.3 Å². The van der Waals surface area contributed by atoms with E-state index in [1.54, 1.807) is 7.11 Å². The van der Waals surface area contributed by atoms with Crippen LogP contribution in [0.2, 0.25) is 15.1 Å². The van der Waals surface area contributed by atoms with Gasteiger partial charge in [-0.3, -0.25) is 4.79 Å². The lowest BCUT2D eigenvalue weighted by molar-refractivity contribution is -0.138. The normalized spacial score (nSPS) is 21.6. The van der Waals surface area contributed by atoms with Gasteiger partial charge in [-0.05, 0) is 91.6 Å². The molecule has 3 atom stereocenters. The number of anilines is 1. The molecule has 3 aromatic rings. The lowest BCUT2D eigenvalue weighted by Crippen LogP contribution is -2.47. The molecule has 1 aliphatic carbocycles.